The van der Waals surface area contributed by atoms with E-state index in [1.807, 2.05) is 18.2 Å². The summed E-state index contributed by atoms with van der Waals surface area (Å²) in [5.41, 5.74) is 0.751. The monoisotopic (exact) mass is 433 g/mol. The van der Waals surface area contributed by atoms with Crippen molar-refractivity contribution in [3.05, 3.63) is 48.3 Å². The molecule has 9 nitrogen and oxygen atoms in total. The van der Waals surface area contributed by atoms with Gasteiger partial charge in [0.15, 0.2) is 11.5 Å². The second-order valence-corrected chi connectivity index (χ2v) is 8.84. The van der Waals surface area contributed by atoms with Crippen LogP contribution in [-0.4, -0.2) is 74.5 Å². The summed E-state index contributed by atoms with van der Waals surface area (Å²) in [5, 5.41) is 0. The second-order valence-electron chi connectivity index (χ2n) is 6.90. The van der Waals surface area contributed by atoms with E-state index < -0.39 is 10.0 Å². The smallest absolute Gasteiger partial charge is 0.248 e. The molecule has 0 unspecified atom stereocenters. The Kier molecular flexibility index (Phi) is 6.16. The number of pyridine rings is 1. The molecule has 2 aromatic rings. The van der Waals surface area contributed by atoms with E-state index in [1.54, 1.807) is 17.2 Å². The van der Waals surface area contributed by atoms with Crippen LogP contribution in [0, 0.1) is 0 Å². The number of hydrogen-bond donors (Lipinski definition) is 0. The van der Waals surface area contributed by atoms with Crippen molar-refractivity contribution in [1.29, 1.82) is 0 Å². The lowest BCUT2D eigenvalue weighted by molar-refractivity contribution is -0.137. The number of carbonyl (C=O) groups excluding carboxylic acids is 1. The third-order valence-electron chi connectivity index (χ3n) is 4.94. The molecular weight excluding hydrogens is 410 g/mol. The van der Waals surface area contributed by atoms with Crippen LogP contribution in [0.1, 0.15) is 5.69 Å². The lowest BCUT2D eigenvalue weighted by Gasteiger charge is -2.34. The maximum Gasteiger partial charge on any atom is 0.248 e. The number of fused-ring (bicyclic) bond motifs is 1. The summed E-state index contributed by atoms with van der Waals surface area (Å²) >= 11 is 0. The number of piperazine rings is 1. The summed E-state index contributed by atoms with van der Waals surface area (Å²) in [6.45, 7) is 2.10. The summed E-state index contributed by atoms with van der Waals surface area (Å²) in [6.07, 6.45) is 1.67. The van der Waals surface area contributed by atoms with Crippen LogP contribution in [0.3, 0.4) is 0 Å². The van der Waals surface area contributed by atoms with Crippen molar-refractivity contribution in [2.45, 2.75) is 11.5 Å². The molecule has 0 aliphatic carbocycles. The number of sulfonamides is 1. The fraction of sp³-hybridized carbons (Fsp3) is 0.400. The van der Waals surface area contributed by atoms with Gasteiger partial charge in [0.05, 0.1) is 17.2 Å². The number of rotatable bonds is 6. The van der Waals surface area contributed by atoms with Crippen LogP contribution in [0.4, 0.5) is 0 Å². The fourth-order valence-corrected chi connectivity index (χ4v) is 4.77. The van der Waals surface area contributed by atoms with Crippen molar-refractivity contribution in [2.75, 3.05) is 46.0 Å². The van der Waals surface area contributed by atoms with Crippen molar-refractivity contribution in [3.8, 4) is 11.5 Å². The average Bonchev–Trinajstić information content (AvgIpc) is 2.79. The minimum atomic E-state index is -3.68. The van der Waals surface area contributed by atoms with Gasteiger partial charge in [-0.1, -0.05) is 6.07 Å². The Bertz CT molecular complexity index is 991. The minimum absolute atomic E-state index is 0.0640. The normalized spacial score (nSPS) is 17.0. The summed E-state index contributed by atoms with van der Waals surface area (Å²) < 4.78 is 43.7. The van der Waals surface area contributed by atoms with Gasteiger partial charge in [-0.15, -0.1) is 0 Å². The van der Waals surface area contributed by atoms with Gasteiger partial charge < -0.3 is 19.1 Å². The van der Waals surface area contributed by atoms with Crippen molar-refractivity contribution in [3.63, 3.8) is 0 Å². The van der Waals surface area contributed by atoms with E-state index >= 15 is 0 Å². The molecule has 1 amide bonds. The van der Waals surface area contributed by atoms with Gasteiger partial charge in [0.1, 0.15) is 19.8 Å². The Labute approximate surface area is 175 Å². The average molecular weight is 433 g/mol. The van der Waals surface area contributed by atoms with Crippen molar-refractivity contribution in [1.82, 2.24) is 14.2 Å². The highest BCUT2D eigenvalue weighted by Gasteiger charge is 2.31. The van der Waals surface area contributed by atoms with Crippen molar-refractivity contribution in [2.24, 2.45) is 0 Å². The Hall–Kier alpha value is -2.69. The molecule has 1 aromatic carbocycles. The van der Waals surface area contributed by atoms with Gasteiger partial charge in [-0.25, -0.2) is 8.42 Å². The molecule has 2 aliphatic heterocycles. The first-order chi connectivity index (χ1) is 14.5. The topological polar surface area (TPSA) is 98.3 Å². The quantitative estimate of drug-likeness (QED) is 0.668. The maximum atomic E-state index is 13.0. The Morgan fingerprint density at radius 1 is 1.03 bits per heavy atom. The first-order valence-corrected chi connectivity index (χ1v) is 11.1. The third kappa shape index (κ3) is 4.55. The fourth-order valence-electron chi connectivity index (χ4n) is 3.33. The molecule has 160 valence electrons. The van der Waals surface area contributed by atoms with Crippen LogP contribution in [0.2, 0.25) is 0 Å². The molecule has 0 atom stereocenters. The molecule has 0 N–H and O–H groups in total. The highest BCUT2D eigenvalue weighted by atomic mass is 32.2. The van der Waals surface area contributed by atoms with E-state index in [0.29, 0.717) is 37.8 Å². The van der Waals surface area contributed by atoms with Gasteiger partial charge in [-0.3, -0.25) is 9.78 Å². The van der Waals surface area contributed by atoms with Crippen LogP contribution in [0.25, 0.3) is 0 Å². The molecule has 1 fully saturated rings. The number of carbonyl (C=O) groups is 1. The maximum absolute atomic E-state index is 13.0. The predicted molar refractivity (Wildman–Crippen MR) is 107 cm³/mol. The van der Waals surface area contributed by atoms with E-state index in [9.17, 15) is 13.2 Å². The molecule has 0 radical (unpaired) electrons. The molecule has 0 bridgehead atoms. The number of ether oxygens (including phenoxy) is 3. The van der Waals surface area contributed by atoms with Gasteiger partial charge in [0.2, 0.25) is 15.9 Å². The number of aromatic nitrogens is 1. The first kappa shape index (κ1) is 20.6. The summed E-state index contributed by atoms with van der Waals surface area (Å²) in [5.74, 6) is 0.810. The molecule has 2 aliphatic rings. The molecule has 30 heavy (non-hydrogen) atoms. The number of hydrogen-bond acceptors (Lipinski definition) is 7. The van der Waals surface area contributed by atoms with Crippen LogP contribution < -0.4 is 9.47 Å². The molecule has 1 aromatic heterocycles. The lowest BCUT2D eigenvalue weighted by Crippen LogP contribution is -2.51. The Balaban J connectivity index is 1.30. The van der Waals surface area contributed by atoms with Crippen LogP contribution >= 0.6 is 0 Å². The predicted octanol–water partition coefficient (Wildman–Crippen LogP) is 0.903. The third-order valence-corrected chi connectivity index (χ3v) is 6.84. The molecule has 3 heterocycles. The highest BCUT2D eigenvalue weighted by Crippen LogP contribution is 2.33. The molecule has 4 rings (SSSR count). The summed E-state index contributed by atoms with van der Waals surface area (Å²) in [6, 6.07) is 10.1. The highest BCUT2D eigenvalue weighted by molar-refractivity contribution is 7.89. The molecule has 10 heteroatoms. The van der Waals surface area contributed by atoms with Crippen LogP contribution in [0.15, 0.2) is 47.5 Å². The lowest BCUT2D eigenvalue weighted by atomic mass is 10.3. The standard InChI is InChI=1S/C20H23N3O6S/c24-20(15-27-14-16-3-1-2-6-21-16)22-7-9-23(10-8-22)30(25,26)17-4-5-18-19(13-17)29-12-11-28-18/h1-6,13H,7-12,14-15H2. The summed E-state index contributed by atoms with van der Waals surface area (Å²) in [7, 11) is -3.68. The molecule has 0 saturated carbocycles. The van der Waals surface area contributed by atoms with E-state index in [0.717, 1.165) is 5.69 Å². The van der Waals surface area contributed by atoms with Gasteiger partial charge in [0.25, 0.3) is 0 Å². The molecule has 0 spiro atoms. The largest absolute Gasteiger partial charge is 0.486 e. The zero-order valence-corrected chi connectivity index (χ0v) is 17.2. The SMILES string of the molecule is O=C(COCc1ccccn1)N1CCN(S(=O)(=O)c2ccc3c(c2)OCCO3)CC1. The van der Waals surface area contributed by atoms with Gasteiger partial charge in [0, 0.05) is 38.4 Å². The summed E-state index contributed by atoms with van der Waals surface area (Å²) in [4.78, 5) is 18.3. The second kappa shape index (κ2) is 8.99. The number of amides is 1. The Morgan fingerprint density at radius 3 is 2.53 bits per heavy atom. The van der Waals surface area contributed by atoms with E-state index in [-0.39, 0.29) is 37.1 Å². The number of benzene rings is 1. The van der Waals surface area contributed by atoms with Crippen LogP contribution in [-0.2, 0) is 26.2 Å². The zero-order valence-electron chi connectivity index (χ0n) is 16.4. The van der Waals surface area contributed by atoms with E-state index in [2.05, 4.69) is 4.98 Å². The van der Waals surface area contributed by atoms with Crippen molar-refractivity contribution < 1.29 is 27.4 Å². The first-order valence-electron chi connectivity index (χ1n) is 9.69. The van der Waals surface area contributed by atoms with Gasteiger partial charge >= 0.3 is 0 Å². The number of nitrogens with zero attached hydrogens (tertiary/aromatic N) is 3. The van der Waals surface area contributed by atoms with Crippen LogP contribution in [0.5, 0.6) is 11.5 Å². The molecule has 1 saturated heterocycles. The zero-order chi connectivity index (χ0) is 21.0. The Morgan fingerprint density at radius 2 is 1.80 bits per heavy atom. The minimum Gasteiger partial charge on any atom is -0.486 e. The van der Waals surface area contributed by atoms with Crippen molar-refractivity contribution >= 4 is 15.9 Å². The molecular formula is C20H23N3O6S. The van der Waals surface area contributed by atoms with Gasteiger partial charge in [-0.2, -0.15) is 4.31 Å². The van der Waals surface area contributed by atoms with Gasteiger partial charge in [-0.05, 0) is 24.3 Å². The van der Waals surface area contributed by atoms with E-state index in [1.165, 1.54) is 16.4 Å². The van der Waals surface area contributed by atoms with E-state index in [4.69, 9.17) is 14.2 Å².